The van der Waals surface area contributed by atoms with Crippen molar-refractivity contribution in [2.75, 3.05) is 5.75 Å². The molecule has 2 aromatic rings. The number of nitrogens with one attached hydrogen (secondary N) is 1. The molecule has 0 spiro atoms. The number of carbonyl (C=O) groups excluding carboxylic acids is 1. The van der Waals surface area contributed by atoms with Crippen molar-refractivity contribution in [2.45, 2.75) is 77.0 Å². The second-order valence-corrected chi connectivity index (χ2v) is 11.2. The molecule has 4 fully saturated rings. The van der Waals surface area contributed by atoms with Gasteiger partial charge in [0.2, 0.25) is 5.91 Å². The molecule has 1 heterocycles. The third-order valence-corrected chi connectivity index (χ3v) is 9.10. The van der Waals surface area contributed by atoms with E-state index in [1.807, 2.05) is 12.1 Å². The fraction of sp³-hybridized carbons (Fsp3) is 0.640. The summed E-state index contributed by atoms with van der Waals surface area (Å²) in [5.74, 6) is 4.11. The smallest absolute Gasteiger partial charge is 0.230 e. The molecule has 0 unspecified atom stereocenters. The molecule has 6 rings (SSSR count). The van der Waals surface area contributed by atoms with E-state index in [1.165, 1.54) is 55.9 Å². The number of amides is 1. The fourth-order valence-corrected chi connectivity index (χ4v) is 7.79. The Hall–Kier alpha value is -1.82. The predicted octanol–water partition coefficient (Wildman–Crippen LogP) is 5.09. The molecule has 1 atom stereocenters. The van der Waals surface area contributed by atoms with Gasteiger partial charge in [0, 0.05) is 18.2 Å². The maximum atomic E-state index is 12.9. The maximum Gasteiger partial charge on any atom is 0.230 e. The minimum Gasteiger partial charge on any atom is -0.352 e. The van der Waals surface area contributed by atoms with E-state index in [2.05, 4.69) is 53.0 Å². The number of thioether (sulfide) groups is 1. The molecule has 4 aliphatic rings. The fourth-order valence-electron chi connectivity index (χ4n) is 6.98. The van der Waals surface area contributed by atoms with Crippen LogP contribution in [0.25, 0.3) is 11.4 Å². The van der Waals surface area contributed by atoms with Gasteiger partial charge in [-0.1, -0.05) is 36.0 Å². The van der Waals surface area contributed by atoms with Crippen LogP contribution >= 0.6 is 11.8 Å². The minimum atomic E-state index is 0.122. The molecular formula is C25H34N4OS. The van der Waals surface area contributed by atoms with E-state index in [0.29, 0.717) is 11.2 Å². The van der Waals surface area contributed by atoms with Crippen molar-refractivity contribution >= 4 is 17.7 Å². The van der Waals surface area contributed by atoms with Crippen LogP contribution in [-0.2, 0) is 11.3 Å². The van der Waals surface area contributed by atoms with Crippen LogP contribution < -0.4 is 5.32 Å². The van der Waals surface area contributed by atoms with Gasteiger partial charge >= 0.3 is 0 Å². The predicted molar refractivity (Wildman–Crippen MR) is 125 cm³/mol. The number of hydrogen-bond donors (Lipinski definition) is 1. The Morgan fingerprint density at radius 1 is 1.16 bits per heavy atom. The zero-order valence-corrected chi connectivity index (χ0v) is 19.8. The molecule has 1 amide bonds. The largest absolute Gasteiger partial charge is 0.352 e. The molecule has 4 aliphatic carbocycles. The normalized spacial score (nSPS) is 29.8. The molecule has 0 radical (unpaired) electrons. The first-order valence-electron chi connectivity index (χ1n) is 11.9. The van der Waals surface area contributed by atoms with Gasteiger partial charge in [0.05, 0.1) is 5.75 Å². The van der Waals surface area contributed by atoms with Crippen molar-refractivity contribution < 1.29 is 4.79 Å². The second-order valence-electron chi connectivity index (χ2n) is 10.2. The molecule has 5 nitrogen and oxygen atoms in total. The van der Waals surface area contributed by atoms with Gasteiger partial charge in [-0.3, -0.25) is 4.79 Å². The molecule has 6 heteroatoms. The number of benzene rings is 1. The average Bonchev–Trinajstić information content (AvgIpc) is 3.14. The van der Waals surface area contributed by atoms with Crippen LogP contribution in [0.15, 0.2) is 29.4 Å². The monoisotopic (exact) mass is 438 g/mol. The first kappa shape index (κ1) is 21.0. The van der Waals surface area contributed by atoms with E-state index < -0.39 is 0 Å². The van der Waals surface area contributed by atoms with Crippen molar-refractivity contribution in [1.29, 1.82) is 0 Å². The van der Waals surface area contributed by atoms with Crippen molar-refractivity contribution in [2.24, 2.45) is 23.2 Å². The van der Waals surface area contributed by atoms with Crippen LogP contribution in [-0.4, -0.2) is 32.5 Å². The van der Waals surface area contributed by atoms with Crippen LogP contribution in [0.3, 0.4) is 0 Å². The molecule has 31 heavy (non-hydrogen) atoms. The number of aromatic nitrogens is 3. The van der Waals surface area contributed by atoms with E-state index in [-0.39, 0.29) is 11.9 Å². The van der Waals surface area contributed by atoms with Gasteiger partial charge in [-0.15, -0.1) is 10.2 Å². The van der Waals surface area contributed by atoms with Crippen molar-refractivity contribution in [3.63, 3.8) is 0 Å². The van der Waals surface area contributed by atoms with Gasteiger partial charge < -0.3 is 9.88 Å². The number of carbonyl (C=O) groups is 1. The van der Waals surface area contributed by atoms with Gasteiger partial charge in [0.25, 0.3) is 0 Å². The van der Waals surface area contributed by atoms with E-state index in [0.717, 1.165) is 40.8 Å². The van der Waals surface area contributed by atoms with Gasteiger partial charge in [-0.2, -0.15) is 0 Å². The van der Waals surface area contributed by atoms with Crippen molar-refractivity contribution in [1.82, 2.24) is 20.1 Å². The molecule has 1 N–H and O–H groups in total. The molecule has 0 saturated heterocycles. The summed E-state index contributed by atoms with van der Waals surface area (Å²) < 4.78 is 2.11. The van der Waals surface area contributed by atoms with Crippen molar-refractivity contribution in [3.8, 4) is 11.4 Å². The first-order valence-corrected chi connectivity index (χ1v) is 12.9. The third kappa shape index (κ3) is 3.92. The topological polar surface area (TPSA) is 59.8 Å². The summed E-state index contributed by atoms with van der Waals surface area (Å²) >= 11 is 1.50. The van der Waals surface area contributed by atoms with Crippen LogP contribution in [0.5, 0.6) is 0 Å². The Balaban J connectivity index is 1.23. The SMILES string of the molecule is CCn1c(SCC(=O)N[C@H](C)C23CC4CC(CC(C4)C2)C3)nnc1-c1ccccc1C. The lowest BCUT2D eigenvalue weighted by Crippen LogP contribution is -2.56. The van der Waals surface area contributed by atoms with Gasteiger partial charge in [0.1, 0.15) is 0 Å². The quantitative estimate of drug-likeness (QED) is 0.612. The Morgan fingerprint density at radius 2 is 1.81 bits per heavy atom. The van der Waals surface area contributed by atoms with Gasteiger partial charge in [0.15, 0.2) is 11.0 Å². The van der Waals surface area contributed by atoms with Gasteiger partial charge in [-0.05, 0) is 88.0 Å². The number of rotatable bonds is 7. The Bertz CT molecular complexity index is 933. The van der Waals surface area contributed by atoms with E-state index in [9.17, 15) is 4.79 Å². The lowest BCUT2D eigenvalue weighted by Gasteiger charge is -2.59. The number of hydrogen-bond acceptors (Lipinski definition) is 4. The average molecular weight is 439 g/mol. The van der Waals surface area contributed by atoms with Crippen molar-refractivity contribution in [3.05, 3.63) is 29.8 Å². The van der Waals surface area contributed by atoms with Crippen LogP contribution in [0.4, 0.5) is 0 Å². The summed E-state index contributed by atoms with van der Waals surface area (Å²) in [6.07, 6.45) is 8.26. The van der Waals surface area contributed by atoms with E-state index in [1.54, 1.807) is 0 Å². The summed E-state index contributed by atoms with van der Waals surface area (Å²) in [4.78, 5) is 12.9. The highest BCUT2D eigenvalue weighted by atomic mass is 32.2. The Kier molecular flexibility index (Phi) is 5.61. The zero-order valence-electron chi connectivity index (χ0n) is 18.9. The molecule has 4 saturated carbocycles. The first-order chi connectivity index (χ1) is 15.0. The summed E-state index contributed by atoms with van der Waals surface area (Å²) in [5.41, 5.74) is 2.63. The highest BCUT2D eigenvalue weighted by molar-refractivity contribution is 7.99. The zero-order chi connectivity index (χ0) is 21.6. The van der Waals surface area contributed by atoms with E-state index >= 15 is 0 Å². The second kappa shape index (κ2) is 8.27. The highest BCUT2D eigenvalue weighted by Gasteiger charge is 2.53. The molecule has 1 aromatic carbocycles. The summed E-state index contributed by atoms with van der Waals surface area (Å²) in [7, 11) is 0. The number of nitrogens with zero attached hydrogens (tertiary/aromatic N) is 3. The van der Waals surface area contributed by atoms with Gasteiger partial charge in [-0.25, -0.2) is 0 Å². The summed E-state index contributed by atoms with van der Waals surface area (Å²) in [6.45, 7) is 7.23. The van der Waals surface area contributed by atoms with E-state index in [4.69, 9.17) is 0 Å². The number of aryl methyl sites for hydroxylation is 1. The maximum absolute atomic E-state index is 12.9. The molecule has 1 aromatic heterocycles. The Morgan fingerprint density at radius 3 is 2.42 bits per heavy atom. The lowest BCUT2D eigenvalue weighted by atomic mass is 9.48. The standard InChI is InChI=1S/C25H34N4OS/c1-4-29-23(21-8-6-5-7-16(21)2)27-28-24(29)31-15-22(30)26-17(3)25-12-18-9-19(13-25)11-20(10-18)14-25/h5-8,17-20H,4,9-15H2,1-3H3,(H,26,30)/t17-,18?,19?,20?,25?/m1/s1. The highest BCUT2D eigenvalue weighted by Crippen LogP contribution is 2.61. The van der Waals surface area contributed by atoms with Crippen LogP contribution in [0.2, 0.25) is 0 Å². The summed E-state index contributed by atoms with van der Waals surface area (Å²) in [5, 5.41) is 13.0. The third-order valence-electron chi connectivity index (χ3n) is 8.13. The van der Waals surface area contributed by atoms with Crippen LogP contribution in [0, 0.1) is 30.1 Å². The Labute approximate surface area is 189 Å². The molecule has 166 valence electrons. The lowest BCUT2D eigenvalue weighted by molar-refractivity contribution is -0.123. The minimum absolute atomic E-state index is 0.122. The molecule has 4 bridgehead atoms. The molecule has 0 aliphatic heterocycles. The summed E-state index contributed by atoms with van der Waals surface area (Å²) in [6, 6.07) is 8.51. The van der Waals surface area contributed by atoms with Crippen LogP contribution in [0.1, 0.15) is 57.9 Å². The molecular weight excluding hydrogens is 404 g/mol.